The zero-order valence-electron chi connectivity index (χ0n) is 19.3. The molecular weight excluding hydrogens is 468 g/mol. The van der Waals surface area contributed by atoms with Crippen LogP contribution < -0.4 is 15.5 Å². The average molecular weight is 497 g/mol. The molecule has 2 aromatic rings. The second-order valence-electron chi connectivity index (χ2n) is 8.70. The van der Waals surface area contributed by atoms with Gasteiger partial charge in [-0.25, -0.2) is 4.99 Å². The van der Waals surface area contributed by atoms with Gasteiger partial charge >= 0.3 is 0 Å². The normalized spacial score (nSPS) is 20.2. The van der Waals surface area contributed by atoms with E-state index in [2.05, 4.69) is 15.5 Å². The highest BCUT2D eigenvalue weighted by Gasteiger charge is 2.31. The van der Waals surface area contributed by atoms with Gasteiger partial charge in [0.05, 0.1) is 17.2 Å². The lowest BCUT2D eigenvalue weighted by atomic mass is 9.98. The quantitative estimate of drug-likeness (QED) is 0.342. The molecule has 4 rings (SSSR count). The second-order valence-corrected chi connectivity index (χ2v) is 9.54. The molecule has 1 fully saturated rings. The zero-order valence-corrected chi connectivity index (χ0v) is 20.9. The van der Waals surface area contributed by atoms with Crippen molar-refractivity contribution in [3.05, 3.63) is 64.7 Å². The molecule has 2 aromatic carbocycles. The van der Waals surface area contributed by atoms with E-state index in [1.54, 1.807) is 18.0 Å². The first-order valence-electron chi connectivity index (χ1n) is 11.4. The predicted molar refractivity (Wildman–Crippen MR) is 142 cm³/mol. The summed E-state index contributed by atoms with van der Waals surface area (Å²) in [7, 11) is 1.74. The van der Waals surface area contributed by atoms with E-state index in [-0.39, 0.29) is 5.91 Å². The van der Waals surface area contributed by atoms with Crippen molar-refractivity contribution in [2.24, 2.45) is 10.9 Å². The van der Waals surface area contributed by atoms with Crippen molar-refractivity contribution in [1.29, 1.82) is 5.41 Å². The Morgan fingerprint density at radius 2 is 2.03 bits per heavy atom. The summed E-state index contributed by atoms with van der Waals surface area (Å²) in [6.07, 6.45) is 1.26. The highest BCUT2D eigenvalue weighted by atomic mass is 35.5. The second kappa shape index (κ2) is 10.5. The number of halogens is 1. The van der Waals surface area contributed by atoms with E-state index < -0.39 is 6.17 Å². The molecule has 1 saturated heterocycles. The lowest BCUT2D eigenvalue weighted by molar-refractivity contribution is -0.119. The number of amidine groups is 1. The molecule has 178 valence electrons. The number of fused-ring (bicyclic) bond motifs is 1. The number of piperidine rings is 1. The van der Waals surface area contributed by atoms with Crippen molar-refractivity contribution in [3.63, 3.8) is 0 Å². The molecule has 0 spiro atoms. The smallest absolute Gasteiger partial charge is 0.272 e. The number of nitrogens with one attached hydrogen (secondary N) is 3. The van der Waals surface area contributed by atoms with Crippen molar-refractivity contribution in [1.82, 2.24) is 15.5 Å². The molecule has 3 N–H and O–H groups in total. The Balaban J connectivity index is 1.54. The molecular formula is C25H29ClN6OS. The minimum Gasteiger partial charge on any atom is -0.362 e. The lowest BCUT2D eigenvalue weighted by Gasteiger charge is -2.33. The molecule has 2 heterocycles. The molecule has 0 saturated carbocycles. The fourth-order valence-corrected chi connectivity index (χ4v) is 4.78. The number of nitrogens with zero attached hydrogens (tertiary/aromatic N) is 3. The molecule has 1 amide bonds. The van der Waals surface area contributed by atoms with Crippen LogP contribution in [0, 0.1) is 11.3 Å². The molecule has 2 atom stereocenters. The summed E-state index contributed by atoms with van der Waals surface area (Å²) in [5.74, 6) is 0.776. The van der Waals surface area contributed by atoms with Crippen molar-refractivity contribution >= 4 is 52.1 Å². The number of benzodiazepines with no additional fused rings is 1. The Kier molecular flexibility index (Phi) is 7.48. The molecule has 7 nitrogen and oxygen atoms in total. The van der Waals surface area contributed by atoms with Crippen LogP contribution in [-0.4, -0.2) is 60.3 Å². The van der Waals surface area contributed by atoms with E-state index in [1.165, 1.54) is 0 Å². The maximum atomic E-state index is 13.3. The topological polar surface area (TPSA) is 83.8 Å². The number of carbonyl (C=O) groups excluding carboxylic acids is 1. The number of likely N-dealkylation sites (tertiary alicyclic amines) is 1. The third kappa shape index (κ3) is 5.39. The minimum absolute atomic E-state index is 0.207. The summed E-state index contributed by atoms with van der Waals surface area (Å²) in [4.78, 5) is 21.8. The largest absolute Gasteiger partial charge is 0.362 e. The fourth-order valence-electron chi connectivity index (χ4n) is 4.42. The van der Waals surface area contributed by atoms with E-state index >= 15 is 0 Å². The number of amides is 1. The van der Waals surface area contributed by atoms with Crippen molar-refractivity contribution < 1.29 is 4.79 Å². The number of carbonyl (C=O) groups is 1. The molecule has 0 aromatic heterocycles. The third-order valence-corrected chi connectivity index (χ3v) is 6.75. The van der Waals surface area contributed by atoms with Crippen LogP contribution in [-0.2, 0) is 4.79 Å². The Morgan fingerprint density at radius 3 is 2.76 bits per heavy atom. The van der Waals surface area contributed by atoms with Crippen LogP contribution in [0.15, 0.2) is 53.5 Å². The van der Waals surface area contributed by atoms with Crippen molar-refractivity contribution in [2.75, 3.05) is 31.6 Å². The molecule has 2 unspecified atom stereocenters. The van der Waals surface area contributed by atoms with Gasteiger partial charge in [0.15, 0.2) is 5.11 Å². The molecule has 2 aliphatic heterocycles. The van der Waals surface area contributed by atoms with Gasteiger partial charge in [0, 0.05) is 42.8 Å². The SMILES string of the molecule is CC(=N)N1CCCC(CNC(=S)NC2N=C(c3ccccc3)c3cc(Cl)ccc3N(C)C2=O)C1. The summed E-state index contributed by atoms with van der Waals surface area (Å²) >= 11 is 11.9. The van der Waals surface area contributed by atoms with E-state index in [1.807, 2.05) is 49.4 Å². The van der Waals surface area contributed by atoms with E-state index in [9.17, 15) is 4.79 Å². The van der Waals surface area contributed by atoms with Crippen LogP contribution >= 0.6 is 23.8 Å². The number of benzene rings is 2. The molecule has 2 aliphatic rings. The number of likely N-dealkylation sites (N-methyl/N-ethyl adjacent to an activating group) is 1. The molecule has 0 aliphatic carbocycles. The predicted octanol–water partition coefficient (Wildman–Crippen LogP) is 3.65. The standard InChI is InChI=1S/C25H29ClN6OS/c1-16(27)32-12-6-7-17(15-32)14-28-25(34)30-23-24(33)31(2)21-11-10-19(26)13-20(21)22(29-23)18-8-4-3-5-9-18/h3-5,8-11,13,17,23,27H,6-7,12,14-15H2,1-2H3,(H2,28,30,34). The Hall–Kier alpha value is -2.97. The van der Waals surface area contributed by atoms with Crippen LogP contribution in [0.5, 0.6) is 0 Å². The van der Waals surface area contributed by atoms with Crippen LogP contribution in [0.4, 0.5) is 5.69 Å². The van der Waals surface area contributed by atoms with Gasteiger partial charge in [-0.3, -0.25) is 10.2 Å². The molecule has 9 heteroatoms. The summed E-state index contributed by atoms with van der Waals surface area (Å²) < 4.78 is 0. The van der Waals surface area contributed by atoms with Gasteiger partial charge in [-0.2, -0.15) is 0 Å². The maximum absolute atomic E-state index is 13.3. The van der Waals surface area contributed by atoms with Gasteiger partial charge in [0.2, 0.25) is 6.17 Å². The summed E-state index contributed by atoms with van der Waals surface area (Å²) in [6, 6.07) is 15.2. The van der Waals surface area contributed by atoms with Crippen LogP contribution in [0.3, 0.4) is 0 Å². The van der Waals surface area contributed by atoms with Crippen LogP contribution in [0.1, 0.15) is 30.9 Å². The first-order valence-corrected chi connectivity index (χ1v) is 12.2. The number of rotatable bonds is 4. The van der Waals surface area contributed by atoms with Crippen LogP contribution in [0.2, 0.25) is 5.02 Å². The van der Waals surface area contributed by atoms with Gasteiger partial charge < -0.3 is 20.4 Å². The molecule has 34 heavy (non-hydrogen) atoms. The Bertz CT molecular complexity index is 1120. The van der Waals surface area contributed by atoms with Crippen LogP contribution in [0.25, 0.3) is 0 Å². The highest BCUT2D eigenvalue weighted by molar-refractivity contribution is 7.80. The number of hydrogen-bond donors (Lipinski definition) is 3. The molecule has 0 radical (unpaired) electrons. The van der Waals surface area contributed by atoms with Gasteiger partial charge in [0.25, 0.3) is 5.91 Å². The van der Waals surface area contributed by atoms with Crippen molar-refractivity contribution in [2.45, 2.75) is 25.9 Å². The maximum Gasteiger partial charge on any atom is 0.272 e. The number of aliphatic imine (C=N–C) groups is 1. The van der Waals surface area contributed by atoms with Gasteiger partial charge in [0.1, 0.15) is 0 Å². The summed E-state index contributed by atoms with van der Waals surface area (Å²) in [6.45, 7) is 4.27. The fraction of sp³-hybridized carbons (Fsp3) is 0.360. The highest BCUT2D eigenvalue weighted by Crippen LogP contribution is 2.29. The summed E-state index contributed by atoms with van der Waals surface area (Å²) in [5, 5.41) is 15.2. The number of hydrogen-bond acceptors (Lipinski definition) is 4. The van der Waals surface area contributed by atoms with Gasteiger partial charge in [-0.05, 0) is 56.1 Å². The zero-order chi connectivity index (χ0) is 24.2. The first-order chi connectivity index (χ1) is 16.3. The Labute approximate surface area is 210 Å². The monoisotopic (exact) mass is 496 g/mol. The first kappa shape index (κ1) is 24.2. The van der Waals surface area contributed by atoms with Crippen molar-refractivity contribution in [3.8, 4) is 0 Å². The minimum atomic E-state index is -0.877. The van der Waals surface area contributed by atoms with E-state index in [4.69, 9.17) is 34.2 Å². The number of thiocarbonyl (C=S) groups is 1. The number of anilines is 1. The third-order valence-electron chi connectivity index (χ3n) is 6.26. The lowest BCUT2D eigenvalue weighted by Crippen LogP contribution is -2.51. The van der Waals surface area contributed by atoms with E-state index in [0.717, 1.165) is 42.7 Å². The van der Waals surface area contributed by atoms with E-state index in [0.29, 0.717) is 34.1 Å². The Morgan fingerprint density at radius 1 is 1.26 bits per heavy atom. The van der Waals surface area contributed by atoms with Gasteiger partial charge in [-0.1, -0.05) is 41.9 Å². The summed E-state index contributed by atoms with van der Waals surface area (Å²) in [5.41, 5.74) is 3.11. The molecule has 0 bridgehead atoms. The van der Waals surface area contributed by atoms with Gasteiger partial charge in [-0.15, -0.1) is 0 Å². The average Bonchev–Trinajstić information content (AvgIpc) is 2.94.